The highest BCUT2D eigenvalue weighted by atomic mass is 16.5. The summed E-state index contributed by atoms with van der Waals surface area (Å²) in [7, 11) is 0. The minimum absolute atomic E-state index is 0.0310. The summed E-state index contributed by atoms with van der Waals surface area (Å²) in [6.07, 6.45) is -0.449. The lowest BCUT2D eigenvalue weighted by Crippen LogP contribution is -2.60. The van der Waals surface area contributed by atoms with Crippen LogP contribution < -0.4 is 5.32 Å². The van der Waals surface area contributed by atoms with E-state index in [4.69, 9.17) is 4.74 Å². The Balaban J connectivity index is 2.66. The van der Waals surface area contributed by atoms with Gasteiger partial charge in [-0.1, -0.05) is 0 Å². The molecule has 2 N–H and O–H groups in total. The van der Waals surface area contributed by atoms with E-state index in [-0.39, 0.29) is 18.1 Å². The monoisotopic (exact) mass is 230 g/mol. The van der Waals surface area contributed by atoms with Gasteiger partial charge in [0.1, 0.15) is 6.04 Å². The summed E-state index contributed by atoms with van der Waals surface area (Å²) in [5, 5.41) is 12.8. The lowest BCUT2D eigenvalue weighted by Gasteiger charge is -2.39. The highest BCUT2D eigenvalue weighted by Gasteiger charge is 2.34. The van der Waals surface area contributed by atoms with Crippen molar-refractivity contribution in [1.82, 2.24) is 10.2 Å². The number of nitrogens with zero attached hydrogens (tertiary/aromatic N) is 1. The van der Waals surface area contributed by atoms with Crippen molar-refractivity contribution in [3.8, 4) is 0 Å². The Morgan fingerprint density at radius 2 is 2.31 bits per heavy atom. The van der Waals surface area contributed by atoms with E-state index in [1.54, 1.807) is 13.8 Å². The normalized spacial score (nSPS) is 26.1. The van der Waals surface area contributed by atoms with Crippen molar-refractivity contribution in [3.63, 3.8) is 0 Å². The minimum Gasteiger partial charge on any atom is -0.465 e. The number of ether oxygens (including phenoxy) is 1. The predicted octanol–water partition coefficient (Wildman–Crippen LogP) is -0.407. The predicted molar refractivity (Wildman–Crippen MR) is 61.1 cm³/mol. The fraction of sp³-hybridized carbons (Fsp3) is 0.909. The second kappa shape index (κ2) is 6.18. The Bertz CT molecular complexity index is 233. The van der Waals surface area contributed by atoms with E-state index < -0.39 is 6.10 Å². The Morgan fingerprint density at radius 3 is 2.88 bits per heavy atom. The van der Waals surface area contributed by atoms with Crippen LogP contribution in [0.25, 0.3) is 0 Å². The Kier molecular flexibility index (Phi) is 5.18. The molecule has 0 bridgehead atoms. The van der Waals surface area contributed by atoms with Gasteiger partial charge in [-0.25, -0.2) is 0 Å². The van der Waals surface area contributed by atoms with Gasteiger partial charge in [-0.3, -0.25) is 9.69 Å². The number of rotatable bonds is 4. The number of carbonyl (C=O) groups is 1. The molecule has 0 spiro atoms. The molecule has 0 aliphatic carbocycles. The van der Waals surface area contributed by atoms with Gasteiger partial charge in [0.15, 0.2) is 0 Å². The van der Waals surface area contributed by atoms with Crippen molar-refractivity contribution in [3.05, 3.63) is 0 Å². The third kappa shape index (κ3) is 3.17. The van der Waals surface area contributed by atoms with Crippen LogP contribution in [-0.2, 0) is 9.53 Å². The highest BCUT2D eigenvalue weighted by molar-refractivity contribution is 5.76. The second-order valence-electron chi connectivity index (χ2n) is 4.19. The molecule has 1 heterocycles. The molecule has 3 atom stereocenters. The van der Waals surface area contributed by atoms with Gasteiger partial charge in [0.05, 0.1) is 12.7 Å². The number of aliphatic hydroxyl groups is 1. The minimum atomic E-state index is -0.449. The highest BCUT2D eigenvalue weighted by Crippen LogP contribution is 2.12. The third-order valence-corrected chi connectivity index (χ3v) is 3.06. The average Bonchev–Trinajstić information content (AvgIpc) is 2.28. The number of carbonyl (C=O) groups excluding carboxylic acids is 1. The van der Waals surface area contributed by atoms with Crippen LogP contribution in [0.3, 0.4) is 0 Å². The maximum atomic E-state index is 11.8. The van der Waals surface area contributed by atoms with Crippen molar-refractivity contribution in [1.29, 1.82) is 0 Å². The molecule has 3 unspecified atom stereocenters. The van der Waals surface area contributed by atoms with Gasteiger partial charge < -0.3 is 15.2 Å². The van der Waals surface area contributed by atoms with Crippen LogP contribution >= 0.6 is 0 Å². The number of aliphatic hydroxyl groups excluding tert-OH is 1. The van der Waals surface area contributed by atoms with Crippen LogP contribution in [0.1, 0.15) is 20.8 Å². The van der Waals surface area contributed by atoms with Crippen molar-refractivity contribution >= 4 is 5.97 Å². The molecular weight excluding hydrogens is 208 g/mol. The van der Waals surface area contributed by atoms with E-state index in [0.717, 1.165) is 13.1 Å². The Labute approximate surface area is 96.8 Å². The number of hydrogen-bond donors (Lipinski definition) is 2. The summed E-state index contributed by atoms with van der Waals surface area (Å²) in [5.41, 5.74) is 0. The Hall–Kier alpha value is -0.650. The van der Waals surface area contributed by atoms with Crippen molar-refractivity contribution in [2.24, 2.45) is 0 Å². The third-order valence-electron chi connectivity index (χ3n) is 3.06. The summed E-state index contributed by atoms with van der Waals surface area (Å²) in [5.74, 6) is -0.206. The van der Waals surface area contributed by atoms with E-state index in [1.165, 1.54) is 0 Å². The van der Waals surface area contributed by atoms with Gasteiger partial charge >= 0.3 is 5.97 Å². The molecule has 16 heavy (non-hydrogen) atoms. The molecule has 1 saturated heterocycles. The fourth-order valence-electron chi connectivity index (χ4n) is 1.94. The standard InChI is InChI=1S/C11H22N2O3/c1-4-16-11(15)10-7-12-5-6-13(10)8(2)9(3)14/h8-10,12,14H,4-7H2,1-3H3. The maximum absolute atomic E-state index is 11.8. The maximum Gasteiger partial charge on any atom is 0.324 e. The van der Waals surface area contributed by atoms with Crippen LogP contribution in [0, 0.1) is 0 Å². The summed E-state index contributed by atoms with van der Waals surface area (Å²) >= 11 is 0. The average molecular weight is 230 g/mol. The van der Waals surface area contributed by atoms with Crippen LogP contribution in [0.4, 0.5) is 0 Å². The smallest absolute Gasteiger partial charge is 0.324 e. The first kappa shape index (κ1) is 13.4. The van der Waals surface area contributed by atoms with Gasteiger partial charge in [-0.05, 0) is 20.8 Å². The van der Waals surface area contributed by atoms with E-state index in [2.05, 4.69) is 5.32 Å². The molecule has 0 aromatic rings. The number of nitrogens with one attached hydrogen (secondary N) is 1. The van der Waals surface area contributed by atoms with Crippen molar-refractivity contribution < 1.29 is 14.6 Å². The first-order valence-electron chi connectivity index (χ1n) is 5.89. The lowest BCUT2D eigenvalue weighted by molar-refractivity contribution is -0.152. The second-order valence-corrected chi connectivity index (χ2v) is 4.19. The van der Waals surface area contributed by atoms with Crippen LogP contribution in [0.2, 0.25) is 0 Å². The molecule has 0 radical (unpaired) electrons. The molecule has 5 nitrogen and oxygen atoms in total. The van der Waals surface area contributed by atoms with Crippen molar-refractivity contribution in [2.45, 2.75) is 39.0 Å². The van der Waals surface area contributed by atoms with Crippen LogP contribution in [-0.4, -0.2) is 60.4 Å². The lowest BCUT2D eigenvalue weighted by atomic mass is 10.1. The van der Waals surface area contributed by atoms with Gasteiger partial charge in [0.2, 0.25) is 0 Å². The molecule has 1 rings (SSSR count). The van der Waals surface area contributed by atoms with Crippen LogP contribution in [0.15, 0.2) is 0 Å². The molecule has 0 saturated carbocycles. The SMILES string of the molecule is CCOC(=O)C1CNCCN1C(C)C(C)O. The first-order valence-corrected chi connectivity index (χ1v) is 5.89. The van der Waals surface area contributed by atoms with E-state index >= 15 is 0 Å². The van der Waals surface area contributed by atoms with Gasteiger partial charge in [0, 0.05) is 25.7 Å². The molecule has 0 amide bonds. The van der Waals surface area contributed by atoms with E-state index in [1.807, 2.05) is 11.8 Å². The molecule has 0 aromatic heterocycles. The van der Waals surface area contributed by atoms with Crippen molar-refractivity contribution in [2.75, 3.05) is 26.2 Å². The molecule has 1 aliphatic rings. The first-order chi connectivity index (χ1) is 7.57. The molecular formula is C11H22N2O3. The van der Waals surface area contributed by atoms with Gasteiger partial charge in [-0.2, -0.15) is 0 Å². The Morgan fingerprint density at radius 1 is 1.62 bits per heavy atom. The fourth-order valence-corrected chi connectivity index (χ4v) is 1.94. The quantitative estimate of drug-likeness (QED) is 0.643. The topological polar surface area (TPSA) is 61.8 Å². The van der Waals surface area contributed by atoms with E-state index in [9.17, 15) is 9.90 Å². The largest absolute Gasteiger partial charge is 0.465 e. The zero-order chi connectivity index (χ0) is 12.1. The number of hydrogen-bond acceptors (Lipinski definition) is 5. The van der Waals surface area contributed by atoms with Gasteiger partial charge in [-0.15, -0.1) is 0 Å². The number of esters is 1. The molecule has 1 aliphatic heterocycles. The molecule has 5 heteroatoms. The molecule has 1 fully saturated rings. The molecule has 94 valence electrons. The summed E-state index contributed by atoms with van der Waals surface area (Å²) in [6.45, 7) is 8.07. The van der Waals surface area contributed by atoms with E-state index in [0.29, 0.717) is 13.2 Å². The summed E-state index contributed by atoms with van der Waals surface area (Å²) < 4.78 is 5.04. The van der Waals surface area contributed by atoms with Crippen LogP contribution in [0.5, 0.6) is 0 Å². The van der Waals surface area contributed by atoms with Gasteiger partial charge in [0.25, 0.3) is 0 Å². The summed E-state index contributed by atoms with van der Waals surface area (Å²) in [6, 6.07) is -0.310. The zero-order valence-electron chi connectivity index (χ0n) is 10.3. The number of piperazine rings is 1. The zero-order valence-corrected chi connectivity index (χ0v) is 10.3. The summed E-state index contributed by atoms with van der Waals surface area (Å²) in [4.78, 5) is 13.8. The molecule has 0 aromatic carbocycles.